The van der Waals surface area contributed by atoms with E-state index in [2.05, 4.69) is 10.6 Å². The van der Waals surface area contributed by atoms with Crippen LogP contribution in [0, 0.1) is 0 Å². The summed E-state index contributed by atoms with van der Waals surface area (Å²) in [6.45, 7) is 2.93. The molecule has 0 saturated heterocycles. The van der Waals surface area contributed by atoms with E-state index in [1.54, 1.807) is 12.3 Å². The highest BCUT2D eigenvalue weighted by Gasteiger charge is 2.23. The van der Waals surface area contributed by atoms with Gasteiger partial charge in [-0.2, -0.15) is 4.31 Å². The summed E-state index contributed by atoms with van der Waals surface area (Å²) in [5.41, 5.74) is 0.497. The summed E-state index contributed by atoms with van der Waals surface area (Å²) in [6.07, 6.45) is 2.96. The molecule has 0 bridgehead atoms. The van der Waals surface area contributed by atoms with Crippen molar-refractivity contribution in [1.82, 2.24) is 9.62 Å². The fourth-order valence-electron chi connectivity index (χ4n) is 2.59. The number of hydrogen-bond donors (Lipinski definition) is 2. The third-order valence-electron chi connectivity index (χ3n) is 4.06. The second-order valence-corrected chi connectivity index (χ2v) is 8.60. The van der Waals surface area contributed by atoms with Crippen molar-refractivity contribution in [2.24, 2.45) is 0 Å². The molecule has 2 amide bonds. The zero-order chi connectivity index (χ0) is 20.7. The van der Waals surface area contributed by atoms with Gasteiger partial charge < -0.3 is 15.1 Å². The number of hydrogen-bond acceptors (Lipinski definition) is 5. The van der Waals surface area contributed by atoms with E-state index in [1.165, 1.54) is 38.2 Å². The van der Waals surface area contributed by atoms with Crippen LogP contribution in [0.5, 0.6) is 0 Å². The summed E-state index contributed by atoms with van der Waals surface area (Å²) in [5.74, 6) is 0.210. The zero-order valence-electron chi connectivity index (χ0n) is 16.1. The predicted molar refractivity (Wildman–Crippen MR) is 105 cm³/mol. The van der Waals surface area contributed by atoms with E-state index in [1.807, 2.05) is 13.0 Å². The number of benzene rings is 1. The second kappa shape index (κ2) is 9.52. The summed E-state index contributed by atoms with van der Waals surface area (Å²) >= 11 is 0. The minimum absolute atomic E-state index is 0.0442. The minimum atomic E-state index is -3.82. The molecule has 2 aromatic rings. The molecule has 8 nitrogen and oxygen atoms in total. The lowest BCUT2D eigenvalue weighted by atomic mass is 10.1. The first-order valence-electron chi connectivity index (χ1n) is 8.84. The van der Waals surface area contributed by atoms with Crippen LogP contribution in [0.15, 0.2) is 52.0 Å². The molecule has 0 unspecified atom stereocenters. The molecule has 152 valence electrons. The van der Waals surface area contributed by atoms with Crippen LogP contribution < -0.4 is 10.6 Å². The average molecular weight is 407 g/mol. The SMILES string of the molecule is CC(=O)Nc1ccc(S(=O)(=O)N(C)CC(=O)N[C@H](C)CCc2ccco2)cc1. The Labute approximate surface area is 165 Å². The molecule has 2 N–H and O–H groups in total. The molecule has 0 radical (unpaired) electrons. The van der Waals surface area contributed by atoms with Gasteiger partial charge in [0.05, 0.1) is 17.7 Å². The van der Waals surface area contributed by atoms with Gasteiger partial charge in [0, 0.05) is 32.1 Å². The number of nitrogens with one attached hydrogen (secondary N) is 2. The maximum Gasteiger partial charge on any atom is 0.243 e. The molecule has 1 aromatic carbocycles. The van der Waals surface area contributed by atoms with E-state index in [0.717, 1.165) is 10.1 Å². The third-order valence-corrected chi connectivity index (χ3v) is 5.88. The maximum absolute atomic E-state index is 12.6. The molecule has 0 saturated carbocycles. The Kier molecular flexibility index (Phi) is 7.36. The molecule has 0 fully saturated rings. The minimum Gasteiger partial charge on any atom is -0.469 e. The number of furan rings is 1. The van der Waals surface area contributed by atoms with Gasteiger partial charge in [-0.15, -0.1) is 0 Å². The van der Waals surface area contributed by atoms with E-state index < -0.39 is 10.0 Å². The summed E-state index contributed by atoms with van der Waals surface area (Å²) in [5, 5.41) is 5.36. The van der Waals surface area contributed by atoms with Crippen molar-refractivity contribution in [3.05, 3.63) is 48.4 Å². The molecular formula is C19H25N3O5S. The van der Waals surface area contributed by atoms with Crippen LogP contribution in [0.3, 0.4) is 0 Å². The Hall–Kier alpha value is -2.65. The number of aryl methyl sites for hydroxylation is 1. The molecule has 1 atom stereocenters. The van der Waals surface area contributed by atoms with E-state index in [4.69, 9.17) is 4.42 Å². The summed E-state index contributed by atoms with van der Waals surface area (Å²) in [7, 11) is -2.47. The fraction of sp³-hybridized carbons (Fsp3) is 0.368. The number of nitrogens with zero attached hydrogens (tertiary/aromatic N) is 1. The molecule has 9 heteroatoms. The van der Waals surface area contributed by atoms with Gasteiger partial charge in [-0.1, -0.05) is 0 Å². The second-order valence-electron chi connectivity index (χ2n) is 6.55. The van der Waals surface area contributed by atoms with Crippen LogP contribution in [0.4, 0.5) is 5.69 Å². The van der Waals surface area contributed by atoms with Crippen molar-refractivity contribution in [3.63, 3.8) is 0 Å². The molecule has 28 heavy (non-hydrogen) atoms. The normalized spacial score (nSPS) is 12.6. The molecular weight excluding hydrogens is 382 g/mol. The Morgan fingerprint density at radius 3 is 2.43 bits per heavy atom. The van der Waals surface area contributed by atoms with Gasteiger partial charge in [-0.25, -0.2) is 8.42 Å². The highest BCUT2D eigenvalue weighted by Crippen LogP contribution is 2.17. The summed E-state index contributed by atoms with van der Waals surface area (Å²) in [6, 6.07) is 9.33. The summed E-state index contributed by atoms with van der Waals surface area (Å²) in [4.78, 5) is 23.3. The number of anilines is 1. The highest BCUT2D eigenvalue weighted by molar-refractivity contribution is 7.89. The van der Waals surface area contributed by atoms with Gasteiger partial charge in [-0.05, 0) is 49.7 Å². The smallest absolute Gasteiger partial charge is 0.243 e. The molecule has 0 aliphatic carbocycles. The standard InChI is InChI=1S/C19H25N3O5S/c1-14(6-9-17-5-4-12-27-17)20-19(24)13-22(3)28(25,26)18-10-7-16(8-11-18)21-15(2)23/h4-5,7-8,10-12,14H,6,9,13H2,1-3H3,(H,20,24)(H,21,23)/t14-/m1/s1. The first-order chi connectivity index (χ1) is 13.2. The molecule has 0 spiro atoms. The number of carbonyl (C=O) groups excluding carboxylic acids is 2. The van der Waals surface area contributed by atoms with E-state index in [0.29, 0.717) is 18.5 Å². The van der Waals surface area contributed by atoms with Crippen LogP contribution in [0.1, 0.15) is 26.0 Å². The van der Waals surface area contributed by atoms with Crippen LogP contribution in [-0.4, -0.2) is 44.2 Å². The van der Waals surface area contributed by atoms with Crippen molar-refractivity contribution in [2.75, 3.05) is 18.9 Å². The molecule has 0 aliphatic rings. The highest BCUT2D eigenvalue weighted by atomic mass is 32.2. The van der Waals surface area contributed by atoms with Crippen molar-refractivity contribution in [1.29, 1.82) is 0 Å². The quantitative estimate of drug-likeness (QED) is 0.661. The largest absolute Gasteiger partial charge is 0.469 e. The molecule has 1 heterocycles. The van der Waals surface area contributed by atoms with Crippen molar-refractivity contribution >= 4 is 27.5 Å². The van der Waals surface area contributed by atoms with Gasteiger partial charge in [-0.3, -0.25) is 9.59 Å². The Balaban J connectivity index is 1.89. The van der Waals surface area contributed by atoms with Crippen molar-refractivity contribution in [3.8, 4) is 0 Å². The van der Waals surface area contributed by atoms with Gasteiger partial charge in [0.2, 0.25) is 21.8 Å². The molecule has 2 rings (SSSR count). The number of likely N-dealkylation sites (N-methyl/N-ethyl adjacent to an activating group) is 1. The van der Waals surface area contributed by atoms with Crippen LogP contribution in [0.2, 0.25) is 0 Å². The fourth-order valence-corrected chi connectivity index (χ4v) is 3.71. The topological polar surface area (TPSA) is 109 Å². The van der Waals surface area contributed by atoms with E-state index in [9.17, 15) is 18.0 Å². The van der Waals surface area contributed by atoms with Crippen molar-refractivity contribution < 1.29 is 22.4 Å². The first kappa shape index (κ1) is 21.6. The molecule has 0 aliphatic heterocycles. The van der Waals surface area contributed by atoms with Gasteiger partial charge in [0.25, 0.3) is 0 Å². The number of amides is 2. The van der Waals surface area contributed by atoms with Gasteiger partial charge >= 0.3 is 0 Å². The lowest BCUT2D eigenvalue weighted by Gasteiger charge is -2.19. The Morgan fingerprint density at radius 1 is 1.18 bits per heavy atom. The lowest BCUT2D eigenvalue weighted by molar-refractivity contribution is -0.121. The maximum atomic E-state index is 12.6. The zero-order valence-corrected chi connectivity index (χ0v) is 17.0. The Morgan fingerprint density at radius 2 is 1.86 bits per heavy atom. The van der Waals surface area contributed by atoms with Crippen LogP contribution >= 0.6 is 0 Å². The van der Waals surface area contributed by atoms with Gasteiger partial charge in [0.15, 0.2) is 0 Å². The van der Waals surface area contributed by atoms with Crippen LogP contribution in [-0.2, 0) is 26.0 Å². The Bertz CT molecular complexity index is 892. The van der Waals surface area contributed by atoms with E-state index >= 15 is 0 Å². The van der Waals surface area contributed by atoms with Gasteiger partial charge in [0.1, 0.15) is 5.76 Å². The van der Waals surface area contributed by atoms with Crippen molar-refractivity contribution in [2.45, 2.75) is 37.6 Å². The molecule has 1 aromatic heterocycles. The number of sulfonamides is 1. The third kappa shape index (κ3) is 6.21. The number of carbonyl (C=O) groups is 2. The predicted octanol–water partition coefficient (Wildman–Crippen LogP) is 2.00. The van der Waals surface area contributed by atoms with E-state index in [-0.39, 0.29) is 29.3 Å². The average Bonchev–Trinajstić information content (AvgIpc) is 3.13. The summed E-state index contributed by atoms with van der Waals surface area (Å²) < 4.78 is 31.5. The number of rotatable bonds is 9. The monoisotopic (exact) mass is 407 g/mol. The first-order valence-corrected chi connectivity index (χ1v) is 10.3. The van der Waals surface area contributed by atoms with Crippen LogP contribution in [0.25, 0.3) is 0 Å². The lowest BCUT2D eigenvalue weighted by Crippen LogP contribution is -2.41.